The standard InChI is InChI=1S/C4H11NO.C4H6O5/c1-2-4(5)3-6;5-2(4(8)9)1-3(6)7/h4,6H,2-3,5H2,1H3;2,5H,1H2,(H,6,7)(H,8,9). The van der Waals surface area contributed by atoms with Gasteiger partial charge < -0.3 is 26.2 Å². The monoisotopic (exact) mass is 223 g/mol. The smallest absolute Gasteiger partial charge is 0.333 e. The third kappa shape index (κ3) is 12.8. The normalized spacial score (nSPS) is 13.3. The highest BCUT2D eigenvalue weighted by Gasteiger charge is 2.16. The molecule has 0 saturated heterocycles. The molecule has 0 bridgehead atoms. The van der Waals surface area contributed by atoms with E-state index >= 15 is 0 Å². The summed E-state index contributed by atoms with van der Waals surface area (Å²) in [6, 6.07) is -0.00926. The minimum absolute atomic E-state index is 0.00926. The summed E-state index contributed by atoms with van der Waals surface area (Å²) in [4.78, 5) is 19.4. The van der Waals surface area contributed by atoms with E-state index in [1.54, 1.807) is 0 Å². The van der Waals surface area contributed by atoms with Gasteiger partial charge in [0.25, 0.3) is 0 Å². The number of aliphatic carboxylic acids is 2. The summed E-state index contributed by atoms with van der Waals surface area (Å²) in [5.41, 5.74) is 5.22. The van der Waals surface area contributed by atoms with Gasteiger partial charge in [0.15, 0.2) is 6.10 Å². The Morgan fingerprint density at radius 1 is 1.33 bits per heavy atom. The topological polar surface area (TPSA) is 141 Å². The summed E-state index contributed by atoms with van der Waals surface area (Å²) in [7, 11) is 0. The molecule has 0 aliphatic heterocycles. The maximum absolute atomic E-state index is 9.72. The lowest BCUT2D eigenvalue weighted by molar-refractivity contribution is -0.152. The van der Waals surface area contributed by atoms with Crippen LogP contribution in [0.2, 0.25) is 0 Å². The number of hydrogen-bond acceptors (Lipinski definition) is 5. The number of carboxylic acid groups (broad SMARTS) is 2. The molecule has 6 N–H and O–H groups in total. The minimum atomic E-state index is -1.79. The van der Waals surface area contributed by atoms with Crippen molar-refractivity contribution < 1.29 is 30.0 Å². The zero-order valence-electron chi connectivity index (χ0n) is 8.46. The third-order valence-corrected chi connectivity index (χ3v) is 1.41. The van der Waals surface area contributed by atoms with Crippen LogP contribution < -0.4 is 5.73 Å². The van der Waals surface area contributed by atoms with Crippen LogP contribution in [0.4, 0.5) is 0 Å². The van der Waals surface area contributed by atoms with E-state index in [0.29, 0.717) is 0 Å². The number of rotatable bonds is 5. The average Bonchev–Trinajstić information content (AvgIpc) is 2.16. The summed E-state index contributed by atoms with van der Waals surface area (Å²) in [6.07, 6.45) is -1.69. The summed E-state index contributed by atoms with van der Waals surface area (Å²) in [6.45, 7) is 2.05. The number of nitrogens with two attached hydrogens (primary N) is 1. The molecule has 2 atom stereocenters. The van der Waals surface area contributed by atoms with E-state index < -0.39 is 24.5 Å². The number of carbonyl (C=O) groups is 2. The number of hydrogen-bond donors (Lipinski definition) is 5. The first kappa shape index (κ1) is 16.3. The lowest BCUT2D eigenvalue weighted by Gasteiger charge is -1.98. The Hall–Kier alpha value is -1.18. The molecule has 0 saturated carbocycles. The van der Waals surface area contributed by atoms with Gasteiger partial charge in [0.2, 0.25) is 0 Å². The van der Waals surface area contributed by atoms with Gasteiger partial charge in [-0.25, -0.2) is 4.79 Å². The molecule has 15 heavy (non-hydrogen) atoms. The van der Waals surface area contributed by atoms with Gasteiger partial charge in [-0.05, 0) is 6.42 Å². The van der Waals surface area contributed by atoms with Crippen LogP contribution in [0.25, 0.3) is 0 Å². The van der Waals surface area contributed by atoms with Crippen LogP contribution in [0.3, 0.4) is 0 Å². The van der Waals surface area contributed by atoms with Crippen molar-refractivity contribution in [1.82, 2.24) is 0 Å². The van der Waals surface area contributed by atoms with E-state index in [9.17, 15) is 9.59 Å². The fourth-order valence-corrected chi connectivity index (χ4v) is 0.382. The minimum Gasteiger partial charge on any atom is -0.481 e. The van der Waals surface area contributed by atoms with Crippen molar-refractivity contribution >= 4 is 11.9 Å². The van der Waals surface area contributed by atoms with E-state index in [2.05, 4.69) is 0 Å². The van der Waals surface area contributed by atoms with Crippen LogP contribution >= 0.6 is 0 Å². The zero-order chi connectivity index (χ0) is 12.4. The second kappa shape index (κ2) is 9.38. The van der Waals surface area contributed by atoms with Gasteiger partial charge in [0, 0.05) is 6.04 Å². The van der Waals surface area contributed by atoms with Crippen LogP contribution in [0.15, 0.2) is 0 Å². The van der Waals surface area contributed by atoms with Crippen molar-refractivity contribution in [3.8, 4) is 0 Å². The molecule has 0 aromatic rings. The summed E-state index contributed by atoms with van der Waals surface area (Å²) in [5.74, 6) is -2.85. The molecule has 0 aromatic carbocycles. The first-order valence-electron chi connectivity index (χ1n) is 4.34. The number of aliphatic hydroxyl groups is 2. The second-order valence-electron chi connectivity index (χ2n) is 2.80. The van der Waals surface area contributed by atoms with Crippen molar-refractivity contribution in [3.63, 3.8) is 0 Å². The van der Waals surface area contributed by atoms with Gasteiger partial charge in [-0.15, -0.1) is 0 Å². The van der Waals surface area contributed by atoms with Gasteiger partial charge in [0.05, 0.1) is 13.0 Å². The van der Waals surface area contributed by atoms with E-state index in [0.717, 1.165) is 6.42 Å². The molecule has 0 aliphatic rings. The van der Waals surface area contributed by atoms with Gasteiger partial charge in [0.1, 0.15) is 0 Å². The summed E-state index contributed by atoms with van der Waals surface area (Å²) >= 11 is 0. The quantitative estimate of drug-likeness (QED) is 0.387. The van der Waals surface area contributed by atoms with Crippen molar-refractivity contribution in [2.24, 2.45) is 5.73 Å². The SMILES string of the molecule is CCC(N)CO.O=C(O)CC(O)C(=O)O. The Bertz CT molecular complexity index is 192. The molecule has 0 spiro atoms. The maximum atomic E-state index is 9.72. The second-order valence-corrected chi connectivity index (χ2v) is 2.80. The predicted molar refractivity (Wildman–Crippen MR) is 51.2 cm³/mol. The van der Waals surface area contributed by atoms with Crippen molar-refractivity contribution in [2.75, 3.05) is 6.61 Å². The average molecular weight is 223 g/mol. The van der Waals surface area contributed by atoms with Gasteiger partial charge in [-0.3, -0.25) is 4.79 Å². The number of carboxylic acids is 2. The molecule has 0 radical (unpaired) electrons. The van der Waals surface area contributed by atoms with Crippen molar-refractivity contribution in [1.29, 1.82) is 0 Å². The first-order chi connectivity index (χ1) is 6.84. The van der Waals surface area contributed by atoms with Crippen LogP contribution in [-0.2, 0) is 9.59 Å². The van der Waals surface area contributed by atoms with Crippen LogP contribution in [0.5, 0.6) is 0 Å². The predicted octanol–water partition coefficient (Wildman–Crippen LogP) is -1.38. The molecular formula is C8H17NO6. The van der Waals surface area contributed by atoms with Gasteiger partial charge in [-0.1, -0.05) is 6.92 Å². The van der Waals surface area contributed by atoms with Gasteiger partial charge in [-0.2, -0.15) is 0 Å². The summed E-state index contributed by atoms with van der Waals surface area (Å²) in [5, 5.41) is 32.4. The van der Waals surface area contributed by atoms with E-state index in [4.69, 9.17) is 26.2 Å². The Morgan fingerprint density at radius 3 is 1.87 bits per heavy atom. The lowest BCUT2D eigenvalue weighted by atomic mass is 10.3. The molecule has 0 fully saturated rings. The molecule has 0 rings (SSSR count). The number of aliphatic hydroxyl groups excluding tert-OH is 2. The highest BCUT2D eigenvalue weighted by Crippen LogP contribution is 1.89. The maximum Gasteiger partial charge on any atom is 0.333 e. The van der Waals surface area contributed by atoms with E-state index in [1.807, 2.05) is 6.92 Å². The molecule has 0 aromatic heterocycles. The molecule has 0 aliphatic carbocycles. The summed E-state index contributed by atoms with van der Waals surface area (Å²) < 4.78 is 0. The van der Waals surface area contributed by atoms with Crippen LogP contribution in [-0.4, -0.2) is 51.1 Å². The fourth-order valence-electron chi connectivity index (χ4n) is 0.382. The molecule has 90 valence electrons. The Balaban J connectivity index is 0. The Morgan fingerprint density at radius 2 is 1.80 bits per heavy atom. The third-order valence-electron chi connectivity index (χ3n) is 1.41. The molecule has 2 unspecified atom stereocenters. The molecular weight excluding hydrogens is 206 g/mol. The Kier molecular flexibility index (Phi) is 10.2. The molecule has 7 nitrogen and oxygen atoms in total. The van der Waals surface area contributed by atoms with Gasteiger partial charge >= 0.3 is 11.9 Å². The largest absolute Gasteiger partial charge is 0.481 e. The van der Waals surface area contributed by atoms with Crippen molar-refractivity contribution in [3.05, 3.63) is 0 Å². The van der Waals surface area contributed by atoms with Crippen LogP contribution in [0, 0.1) is 0 Å². The molecule has 0 heterocycles. The first-order valence-corrected chi connectivity index (χ1v) is 4.34. The highest BCUT2D eigenvalue weighted by molar-refractivity contribution is 5.79. The highest BCUT2D eigenvalue weighted by atomic mass is 16.4. The molecule has 7 heteroatoms. The fraction of sp³-hybridized carbons (Fsp3) is 0.750. The molecule has 0 amide bonds. The van der Waals surface area contributed by atoms with Crippen molar-refractivity contribution in [2.45, 2.75) is 31.9 Å². The Labute approximate surface area is 87.1 Å². The van der Waals surface area contributed by atoms with E-state index in [1.165, 1.54) is 0 Å². The van der Waals surface area contributed by atoms with E-state index in [-0.39, 0.29) is 12.6 Å². The zero-order valence-corrected chi connectivity index (χ0v) is 8.46. The van der Waals surface area contributed by atoms with Crippen LogP contribution in [0.1, 0.15) is 19.8 Å². The lowest BCUT2D eigenvalue weighted by Crippen LogP contribution is -2.22.